The van der Waals surface area contributed by atoms with Crippen LogP contribution in [0.15, 0.2) is 29.2 Å². The third-order valence-electron chi connectivity index (χ3n) is 4.96. The van der Waals surface area contributed by atoms with Crippen molar-refractivity contribution in [3.63, 3.8) is 0 Å². The van der Waals surface area contributed by atoms with Crippen molar-refractivity contribution in [2.75, 3.05) is 31.3 Å². The second-order valence-electron chi connectivity index (χ2n) is 7.24. The Morgan fingerprint density at radius 3 is 2.73 bits per heavy atom. The van der Waals surface area contributed by atoms with E-state index in [1.54, 1.807) is 13.0 Å². The Morgan fingerprint density at radius 1 is 1.42 bits per heavy atom. The minimum absolute atomic E-state index is 0.00519. The normalized spacial score (nSPS) is 19.7. The van der Waals surface area contributed by atoms with Crippen molar-refractivity contribution >= 4 is 45.7 Å². The number of nitrogens with zero attached hydrogens (tertiary/aromatic N) is 2. The number of benzene rings is 1. The molecule has 180 valence electrons. The zero-order chi connectivity index (χ0) is 24.4. The van der Waals surface area contributed by atoms with Gasteiger partial charge in [0, 0.05) is 24.9 Å². The molecule has 0 fully saturated rings. The molecule has 1 aromatic carbocycles. The summed E-state index contributed by atoms with van der Waals surface area (Å²) in [6.07, 6.45) is -1.68. The number of aliphatic hydroxyl groups is 1. The van der Waals surface area contributed by atoms with Gasteiger partial charge in [-0.1, -0.05) is 17.7 Å². The van der Waals surface area contributed by atoms with Crippen LogP contribution in [0.4, 0.5) is 30.8 Å². The Labute approximate surface area is 194 Å². The summed E-state index contributed by atoms with van der Waals surface area (Å²) in [6, 6.07) is 2.19. The van der Waals surface area contributed by atoms with Crippen molar-refractivity contribution in [2.45, 2.75) is 25.1 Å². The maximum atomic E-state index is 14.0. The molecule has 1 aliphatic rings. The average Bonchev–Trinajstić information content (AvgIpc) is 3.16. The molecule has 0 bridgehead atoms. The predicted molar refractivity (Wildman–Crippen MR) is 120 cm³/mol. The zero-order valence-corrected chi connectivity index (χ0v) is 19.2. The Hall–Kier alpha value is -2.45. The molecule has 0 spiro atoms. The fourth-order valence-corrected chi connectivity index (χ4v) is 4.79. The van der Waals surface area contributed by atoms with Crippen LogP contribution in [0, 0.1) is 0 Å². The van der Waals surface area contributed by atoms with Crippen molar-refractivity contribution in [3.05, 3.63) is 45.3 Å². The van der Waals surface area contributed by atoms with Crippen molar-refractivity contribution < 1.29 is 27.2 Å². The number of alkyl halides is 3. The largest absolute Gasteiger partial charge is 0.417 e. The first-order valence-corrected chi connectivity index (χ1v) is 11.1. The van der Waals surface area contributed by atoms with Gasteiger partial charge in [-0.3, -0.25) is 0 Å². The van der Waals surface area contributed by atoms with Crippen LogP contribution in [0.5, 0.6) is 0 Å². The second kappa shape index (κ2) is 9.81. The number of ether oxygens (including phenoxy) is 1. The summed E-state index contributed by atoms with van der Waals surface area (Å²) in [5.74, 6) is -0.0324. The number of nitrogens with one attached hydrogen (secondary N) is 3. The van der Waals surface area contributed by atoms with Gasteiger partial charge in [-0.05, 0) is 37.1 Å². The molecule has 0 saturated carbocycles. The van der Waals surface area contributed by atoms with Crippen LogP contribution in [0.3, 0.4) is 0 Å². The number of methoxy groups -OCH3 is 1. The van der Waals surface area contributed by atoms with Gasteiger partial charge in [0.25, 0.3) is 0 Å². The maximum absolute atomic E-state index is 14.0. The molecule has 0 aliphatic heterocycles. The molecule has 2 atom stereocenters. The van der Waals surface area contributed by atoms with Gasteiger partial charge in [-0.2, -0.15) is 18.2 Å². The van der Waals surface area contributed by atoms with Crippen molar-refractivity contribution in [1.82, 2.24) is 19.9 Å². The van der Waals surface area contributed by atoms with E-state index in [2.05, 4.69) is 25.2 Å². The number of aromatic amines is 1. The van der Waals surface area contributed by atoms with E-state index in [1.807, 2.05) is 0 Å². The van der Waals surface area contributed by atoms with Crippen LogP contribution in [0.25, 0.3) is 5.57 Å². The summed E-state index contributed by atoms with van der Waals surface area (Å²) in [4.78, 5) is 4.02. The lowest BCUT2D eigenvalue weighted by molar-refractivity contribution is -0.137. The second-order valence-corrected chi connectivity index (χ2v) is 8.91. The summed E-state index contributed by atoms with van der Waals surface area (Å²) in [5, 5.41) is 17.5. The van der Waals surface area contributed by atoms with Crippen molar-refractivity contribution in [1.29, 1.82) is 0 Å². The number of anilines is 3. The first-order chi connectivity index (χ1) is 15.5. The number of allylic oxidation sites excluding steroid dienone is 2. The maximum Gasteiger partial charge on any atom is 0.417 e. The van der Waals surface area contributed by atoms with Crippen LogP contribution < -0.4 is 15.8 Å². The van der Waals surface area contributed by atoms with E-state index in [4.69, 9.17) is 27.2 Å². The molecule has 2 aromatic rings. The summed E-state index contributed by atoms with van der Waals surface area (Å²) >= 11 is 6.32. The number of aliphatic hydroxyl groups excluding tert-OH is 1. The average molecular weight is 507 g/mol. The van der Waals surface area contributed by atoms with Gasteiger partial charge in [0.15, 0.2) is 0 Å². The topological polar surface area (TPSA) is 138 Å². The molecule has 33 heavy (non-hydrogen) atoms. The molecule has 2 unspecified atom stereocenters. The molecule has 0 amide bonds. The number of nitrogen functional groups attached to an aromatic ring is 1. The highest BCUT2D eigenvalue weighted by Crippen LogP contribution is 2.44. The lowest BCUT2D eigenvalue weighted by Gasteiger charge is -2.33. The summed E-state index contributed by atoms with van der Waals surface area (Å²) in [6.45, 7) is 1.44. The minimum Gasteiger partial charge on any atom is -0.395 e. The number of rotatable bonds is 8. The monoisotopic (exact) mass is 506 g/mol. The molecule has 1 aliphatic carbocycles. The van der Waals surface area contributed by atoms with E-state index >= 15 is 0 Å². The number of H-pyrrole nitrogens is 1. The number of nitrogens with two attached hydrogens (primary N) is 1. The lowest BCUT2D eigenvalue weighted by Crippen LogP contribution is -2.37. The highest BCUT2D eigenvalue weighted by Gasteiger charge is 2.39. The fourth-order valence-electron chi connectivity index (χ4n) is 3.24. The molecule has 3 rings (SSSR count). The third-order valence-corrected chi connectivity index (χ3v) is 6.67. The Balaban J connectivity index is 2.08. The van der Waals surface area contributed by atoms with E-state index in [9.17, 15) is 17.4 Å². The molecule has 6 N–H and O–H groups in total. The van der Waals surface area contributed by atoms with E-state index < -0.39 is 28.3 Å². The van der Waals surface area contributed by atoms with E-state index in [-0.39, 0.29) is 58.2 Å². The van der Waals surface area contributed by atoms with Gasteiger partial charge in [-0.25, -0.2) is 14.0 Å². The minimum atomic E-state index is -4.75. The Kier molecular flexibility index (Phi) is 7.49. The molecular weight excluding hydrogens is 485 g/mol. The molecule has 0 radical (unpaired) electrons. The molecule has 1 heterocycles. The predicted octanol–water partition coefficient (Wildman–Crippen LogP) is 3.12. The summed E-state index contributed by atoms with van der Waals surface area (Å²) in [7, 11) is -0.399. The van der Waals surface area contributed by atoms with Crippen molar-refractivity contribution in [3.8, 4) is 0 Å². The lowest BCUT2D eigenvalue weighted by atomic mass is 9.88. The fraction of sp³-hybridized carbons (Fsp3) is 0.368. The first kappa shape index (κ1) is 25.2. The third kappa shape index (κ3) is 5.55. The summed E-state index contributed by atoms with van der Waals surface area (Å²) < 4.78 is 63.0. The van der Waals surface area contributed by atoms with Gasteiger partial charge in [0.1, 0.15) is 16.6 Å². The van der Waals surface area contributed by atoms with Gasteiger partial charge in [0.05, 0.1) is 22.1 Å². The SMILES string of the molecule is COC1(C)CC=C(c2c(Cl)cc(Nc3n[nH]c(N)n3)cc2C(F)(F)F)C=C1S(=O)NCCO. The van der Waals surface area contributed by atoms with Gasteiger partial charge in [-0.15, -0.1) is 5.10 Å². The molecule has 1 aromatic heterocycles. The summed E-state index contributed by atoms with van der Waals surface area (Å²) in [5.41, 5.74) is 3.30. The van der Waals surface area contributed by atoms with E-state index in [0.29, 0.717) is 0 Å². The van der Waals surface area contributed by atoms with Crippen LogP contribution >= 0.6 is 11.6 Å². The van der Waals surface area contributed by atoms with Crippen molar-refractivity contribution in [2.24, 2.45) is 0 Å². The Morgan fingerprint density at radius 2 is 2.15 bits per heavy atom. The number of aromatic nitrogens is 3. The van der Waals surface area contributed by atoms with Gasteiger partial charge < -0.3 is 20.9 Å². The quantitative estimate of drug-likeness (QED) is 0.371. The smallest absolute Gasteiger partial charge is 0.395 e. The van der Waals surface area contributed by atoms with Crippen LogP contribution in [0.2, 0.25) is 5.02 Å². The van der Waals surface area contributed by atoms with Gasteiger partial charge in [0.2, 0.25) is 11.9 Å². The highest BCUT2D eigenvalue weighted by molar-refractivity contribution is 7.87. The Bertz CT molecular complexity index is 1120. The van der Waals surface area contributed by atoms with Crippen LogP contribution in [-0.4, -0.2) is 50.4 Å². The zero-order valence-electron chi connectivity index (χ0n) is 17.6. The number of halogens is 4. The van der Waals surface area contributed by atoms with E-state index in [0.717, 1.165) is 6.07 Å². The molecule has 9 nitrogen and oxygen atoms in total. The van der Waals surface area contributed by atoms with Gasteiger partial charge >= 0.3 is 6.18 Å². The molecular formula is C19H22ClF3N6O3S. The number of hydrogen-bond donors (Lipinski definition) is 5. The molecule has 14 heteroatoms. The van der Waals surface area contributed by atoms with E-state index in [1.165, 1.54) is 19.3 Å². The molecule has 0 saturated heterocycles. The number of hydrogen-bond acceptors (Lipinski definition) is 7. The van der Waals surface area contributed by atoms with Crippen LogP contribution in [-0.2, 0) is 21.9 Å². The highest BCUT2D eigenvalue weighted by atomic mass is 35.5. The van der Waals surface area contributed by atoms with Crippen LogP contribution in [0.1, 0.15) is 24.5 Å². The standard InChI is InChI=1S/C19H22ClF3N6O3S/c1-18(32-2)4-3-10(7-14(18)33(31)25-5-6-30)15-12(19(21,22)23)8-11(9-13(15)20)26-17-27-16(24)28-29-17/h3,7-9,25,30H,4-6H2,1-2H3,(H4,24,26,27,28,29). The first-order valence-electron chi connectivity index (χ1n) is 9.58.